The first-order valence-corrected chi connectivity index (χ1v) is 17.7. The monoisotopic (exact) mass is 667 g/mol. The van der Waals surface area contributed by atoms with Gasteiger partial charge in [-0.05, 0) is 82.4 Å². The molecular formula is C49H33NO2. The fourth-order valence-electron chi connectivity index (χ4n) is 8.02. The lowest BCUT2D eigenvalue weighted by Gasteiger charge is -2.45. The average molecular weight is 668 g/mol. The first-order valence-electron chi connectivity index (χ1n) is 17.7. The van der Waals surface area contributed by atoms with Crippen LogP contribution in [-0.4, -0.2) is 0 Å². The summed E-state index contributed by atoms with van der Waals surface area (Å²) >= 11 is 0. The molecule has 1 atom stereocenters. The Morgan fingerprint density at radius 2 is 0.827 bits per heavy atom. The second-order valence-corrected chi connectivity index (χ2v) is 13.4. The third kappa shape index (κ3) is 4.82. The zero-order chi connectivity index (χ0) is 34.5. The van der Waals surface area contributed by atoms with Gasteiger partial charge in [-0.1, -0.05) is 140 Å². The molecule has 1 N–H and O–H groups in total. The van der Waals surface area contributed by atoms with Crippen LogP contribution >= 0.6 is 0 Å². The summed E-state index contributed by atoms with van der Waals surface area (Å²) in [5, 5.41) is 3.66. The minimum Gasteiger partial charge on any atom is -0.457 e. The summed E-state index contributed by atoms with van der Waals surface area (Å²) in [5.41, 5.74) is 12.5. The lowest BCUT2D eigenvalue weighted by atomic mass is 9.62. The molecule has 0 saturated heterocycles. The van der Waals surface area contributed by atoms with Crippen molar-refractivity contribution in [3.8, 4) is 56.4 Å². The largest absolute Gasteiger partial charge is 0.457 e. The summed E-state index contributed by atoms with van der Waals surface area (Å²) in [5.74, 6) is 3.37. The Kier molecular flexibility index (Phi) is 7.04. The van der Waals surface area contributed by atoms with Crippen molar-refractivity contribution in [2.75, 3.05) is 5.32 Å². The summed E-state index contributed by atoms with van der Waals surface area (Å²) in [6, 6.07) is 68.3. The summed E-state index contributed by atoms with van der Waals surface area (Å²) in [7, 11) is 0. The first-order chi connectivity index (χ1) is 25.8. The number of hydrogen-bond donors (Lipinski definition) is 1. The van der Waals surface area contributed by atoms with Gasteiger partial charge in [0.1, 0.15) is 23.0 Å². The highest BCUT2D eigenvalue weighted by atomic mass is 16.5. The van der Waals surface area contributed by atoms with Gasteiger partial charge < -0.3 is 14.8 Å². The van der Waals surface area contributed by atoms with Crippen LogP contribution in [0.1, 0.15) is 22.3 Å². The van der Waals surface area contributed by atoms with Crippen molar-refractivity contribution in [3.05, 3.63) is 216 Å². The van der Waals surface area contributed by atoms with E-state index in [9.17, 15) is 0 Å². The van der Waals surface area contributed by atoms with Crippen molar-refractivity contribution in [2.45, 2.75) is 5.41 Å². The lowest BCUT2D eigenvalue weighted by Crippen LogP contribution is -2.36. The van der Waals surface area contributed by atoms with Crippen LogP contribution in [0.5, 0.6) is 23.0 Å². The van der Waals surface area contributed by atoms with E-state index in [0.29, 0.717) is 0 Å². The maximum Gasteiger partial charge on any atom is 0.132 e. The molecule has 1 spiro atoms. The quantitative estimate of drug-likeness (QED) is 0.198. The van der Waals surface area contributed by atoms with Crippen LogP contribution < -0.4 is 14.8 Å². The van der Waals surface area contributed by atoms with Crippen molar-refractivity contribution in [1.29, 1.82) is 0 Å². The number of anilines is 2. The van der Waals surface area contributed by atoms with E-state index in [-0.39, 0.29) is 0 Å². The molecule has 0 bridgehead atoms. The third-order valence-electron chi connectivity index (χ3n) is 10.4. The predicted octanol–water partition coefficient (Wildman–Crippen LogP) is 13.0. The number of fused-ring (bicyclic) bond motifs is 8. The van der Waals surface area contributed by atoms with Gasteiger partial charge in [-0.25, -0.2) is 0 Å². The molecular weight excluding hydrogens is 635 g/mol. The van der Waals surface area contributed by atoms with E-state index in [0.717, 1.165) is 90.0 Å². The number of hydrogen-bond acceptors (Lipinski definition) is 3. The number of para-hydroxylation sites is 3. The highest BCUT2D eigenvalue weighted by Gasteiger charge is 2.50. The Balaban J connectivity index is 1.20. The molecule has 2 aliphatic heterocycles. The molecule has 0 radical (unpaired) electrons. The normalized spacial score (nSPS) is 14.9. The van der Waals surface area contributed by atoms with Crippen LogP contribution in [0.25, 0.3) is 33.4 Å². The van der Waals surface area contributed by atoms with Gasteiger partial charge in [0.25, 0.3) is 0 Å². The topological polar surface area (TPSA) is 30.5 Å². The average Bonchev–Trinajstić information content (AvgIpc) is 3.21. The van der Waals surface area contributed by atoms with Crippen LogP contribution in [0.4, 0.5) is 11.4 Å². The van der Waals surface area contributed by atoms with Crippen LogP contribution in [-0.2, 0) is 5.41 Å². The van der Waals surface area contributed by atoms with Crippen LogP contribution in [0.15, 0.2) is 194 Å². The minimum atomic E-state index is -0.684. The van der Waals surface area contributed by atoms with E-state index < -0.39 is 5.41 Å². The summed E-state index contributed by atoms with van der Waals surface area (Å²) < 4.78 is 13.5. The highest BCUT2D eigenvalue weighted by molar-refractivity contribution is 5.86. The maximum atomic E-state index is 6.79. The molecule has 246 valence electrons. The van der Waals surface area contributed by atoms with Crippen LogP contribution in [0, 0.1) is 0 Å². The molecule has 2 heterocycles. The lowest BCUT2D eigenvalue weighted by molar-refractivity contribution is 0.399. The van der Waals surface area contributed by atoms with Crippen molar-refractivity contribution >= 4 is 11.4 Å². The zero-order valence-corrected chi connectivity index (χ0v) is 28.3. The summed E-state index contributed by atoms with van der Waals surface area (Å²) in [6.07, 6.45) is 0. The van der Waals surface area contributed by atoms with Gasteiger partial charge in [-0.2, -0.15) is 0 Å². The Morgan fingerprint density at radius 1 is 0.327 bits per heavy atom. The molecule has 3 heteroatoms. The van der Waals surface area contributed by atoms with Crippen LogP contribution in [0.2, 0.25) is 0 Å². The Labute approximate surface area is 303 Å². The molecule has 3 nitrogen and oxygen atoms in total. The van der Waals surface area contributed by atoms with Gasteiger partial charge in [0.15, 0.2) is 0 Å². The molecule has 0 aromatic heterocycles. The second kappa shape index (κ2) is 12.2. The van der Waals surface area contributed by atoms with Crippen LogP contribution in [0.3, 0.4) is 0 Å². The Morgan fingerprint density at radius 3 is 1.54 bits per heavy atom. The standard InChI is InChI=1S/C49H33NO2/c1-4-14-33(15-5-1)37-24-27-42-48(32-37)52-46-23-13-11-21-41(46)49(42)40-20-10-12-22-45(40)51-47-29-26-36(31-43(47)49)35-25-28-44(50-38-18-8-3-9-19-38)39(30-35)34-16-6-2-7-17-34/h1-32,50H. The molecule has 10 rings (SSSR count). The fourth-order valence-corrected chi connectivity index (χ4v) is 8.02. The van der Waals surface area contributed by atoms with Crippen molar-refractivity contribution in [1.82, 2.24) is 0 Å². The highest BCUT2D eigenvalue weighted by Crippen LogP contribution is 2.62. The maximum absolute atomic E-state index is 6.79. The van der Waals surface area contributed by atoms with E-state index in [1.807, 2.05) is 18.2 Å². The smallest absolute Gasteiger partial charge is 0.132 e. The van der Waals surface area contributed by atoms with Gasteiger partial charge in [0.05, 0.1) is 5.41 Å². The van der Waals surface area contributed by atoms with Gasteiger partial charge >= 0.3 is 0 Å². The zero-order valence-electron chi connectivity index (χ0n) is 28.3. The molecule has 1 unspecified atom stereocenters. The van der Waals surface area contributed by atoms with Gasteiger partial charge in [0.2, 0.25) is 0 Å². The van der Waals surface area contributed by atoms with Gasteiger partial charge in [-0.3, -0.25) is 0 Å². The Hall–Kier alpha value is -6.84. The van der Waals surface area contributed by atoms with E-state index in [1.54, 1.807) is 0 Å². The summed E-state index contributed by atoms with van der Waals surface area (Å²) in [6.45, 7) is 0. The molecule has 0 fully saturated rings. The molecule has 0 saturated carbocycles. The fraction of sp³-hybridized carbons (Fsp3) is 0.0204. The molecule has 0 aliphatic carbocycles. The Bertz CT molecular complexity index is 2590. The molecule has 0 amide bonds. The predicted molar refractivity (Wildman–Crippen MR) is 211 cm³/mol. The molecule has 52 heavy (non-hydrogen) atoms. The van der Waals surface area contributed by atoms with Gasteiger partial charge in [-0.15, -0.1) is 0 Å². The number of nitrogens with one attached hydrogen (secondary N) is 1. The van der Waals surface area contributed by atoms with E-state index in [1.165, 1.54) is 0 Å². The van der Waals surface area contributed by atoms with E-state index in [4.69, 9.17) is 9.47 Å². The number of ether oxygens (including phenoxy) is 2. The molecule has 8 aromatic rings. The molecule has 2 aliphatic rings. The third-order valence-corrected chi connectivity index (χ3v) is 10.4. The second-order valence-electron chi connectivity index (χ2n) is 13.4. The first kappa shape index (κ1) is 30.0. The van der Waals surface area contributed by atoms with Crippen molar-refractivity contribution in [3.63, 3.8) is 0 Å². The van der Waals surface area contributed by atoms with E-state index in [2.05, 4.69) is 181 Å². The summed E-state index contributed by atoms with van der Waals surface area (Å²) in [4.78, 5) is 0. The van der Waals surface area contributed by atoms with Gasteiger partial charge in [0, 0.05) is 39.2 Å². The number of rotatable bonds is 5. The SMILES string of the molecule is c1ccc(Nc2ccc(-c3ccc4c(c3)C3(c5ccccc5Oc5cc(-c6ccccc6)ccc53)c3ccccc3O4)cc2-c2ccccc2)cc1. The van der Waals surface area contributed by atoms with Crippen molar-refractivity contribution in [2.24, 2.45) is 0 Å². The number of benzene rings is 8. The minimum absolute atomic E-state index is 0.684. The van der Waals surface area contributed by atoms with E-state index >= 15 is 0 Å². The molecule has 8 aromatic carbocycles. The van der Waals surface area contributed by atoms with Crippen molar-refractivity contribution < 1.29 is 9.47 Å².